The molecule has 0 aliphatic carbocycles. The highest BCUT2D eigenvalue weighted by Gasteiger charge is 2.21. The summed E-state index contributed by atoms with van der Waals surface area (Å²) < 4.78 is 5.65. The van der Waals surface area contributed by atoms with E-state index in [2.05, 4.69) is 32.7 Å². The summed E-state index contributed by atoms with van der Waals surface area (Å²) in [5.41, 5.74) is 14.0. The lowest BCUT2D eigenvalue weighted by molar-refractivity contribution is -0.122. The Morgan fingerprint density at radius 1 is 1.16 bits per heavy atom. The lowest BCUT2D eigenvalue weighted by atomic mass is 9.97. The van der Waals surface area contributed by atoms with Crippen LogP contribution in [0.25, 0.3) is 11.1 Å². The minimum absolute atomic E-state index is 0.00924. The molecule has 1 atom stereocenters. The van der Waals surface area contributed by atoms with Gasteiger partial charge in [-0.15, -0.1) is 11.8 Å². The van der Waals surface area contributed by atoms with Crippen molar-refractivity contribution in [2.45, 2.75) is 23.7 Å². The number of amides is 2. The molecule has 0 unspecified atom stereocenters. The first-order chi connectivity index (χ1) is 18.3. The lowest BCUT2D eigenvalue weighted by Crippen LogP contribution is -2.40. The van der Waals surface area contributed by atoms with Gasteiger partial charge in [0.15, 0.2) is 0 Å². The first-order valence-corrected chi connectivity index (χ1v) is 12.5. The van der Waals surface area contributed by atoms with Gasteiger partial charge in [0, 0.05) is 24.6 Å². The van der Waals surface area contributed by atoms with E-state index >= 15 is 0 Å². The maximum atomic E-state index is 11.9. The molecule has 11 nitrogen and oxygen atoms in total. The van der Waals surface area contributed by atoms with Gasteiger partial charge in [0.25, 0.3) is 5.91 Å². The molecule has 2 amide bonds. The Bertz CT molecular complexity index is 1410. The highest BCUT2D eigenvalue weighted by Crippen LogP contribution is 2.37. The maximum Gasteiger partial charge on any atom is 0.269 e. The van der Waals surface area contributed by atoms with Crippen molar-refractivity contribution < 1.29 is 14.3 Å². The highest BCUT2D eigenvalue weighted by molar-refractivity contribution is 7.98. The number of nitrogens with zero attached hydrogens (tertiary/aromatic N) is 4. The van der Waals surface area contributed by atoms with E-state index < -0.39 is 6.04 Å². The Kier molecular flexibility index (Phi) is 9.60. The fourth-order valence-corrected chi connectivity index (χ4v) is 4.32. The van der Waals surface area contributed by atoms with Crippen LogP contribution in [-0.4, -0.2) is 48.0 Å². The normalized spacial score (nSPS) is 11.1. The molecule has 194 valence electrons. The van der Waals surface area contributed by atoms with Crippen molar-refractivity contribution >= 4 is 29.4 Å². The minimum Gasteiger partial charge on any atom is -0.492 e. The number of aromatic nitrogens is 2. The van der Waals surface area contributed by atoms with Crippen LogP contribution in [0.4, 0.5) is 5.82 Å². The molecule has 1 aromatic carbocycles. The topological polar surface area (TPSA) is 193 Å². The predicted molar refractivity (Wildman–Crippen MR) is 143 cm³/mol. The highest BCUT2D eigenvalue weighted by atomic mass is 32.2. The molecular formula is C26H26N8O3S. The van der Waals surface area contributed by atoms with Crippen LogP contribution in [-0.2, 0) is 10.5 Å². The molecule has 0 spiro atoms. The Labute approximate surface area is 224 Å². The second-order valence-corrected chi connectivity index (χ2v) is 8.98. The van der Waals surface area contributed by atoms with Crippen molar-refractivity contribution in [3.05, 3.63) is 65.0 Å². The Balaban J connectivity index is 1.83. The molecule has 6 N–H and O–H groups in total. The molecule has 3 aromatic rings. The van der Waals surface area contributed by atoms with Crippen LogP contribution < -0.4 is 26.8 Å². The zero-order valence-electron chi connectivity index (χ0n) is 20.8. The van der Waals surface area contributed by atoms with Crippen LogP contribution in [0.3, 0.4) is 0 Å². The summed E-state index contributed by atoms with van der Waals surface area (Å²) in [5, 5.41) is 25.3. The second-order valence-electron chi connectivity index (χ2n) is 8.02. The van der Waals surface area contributed by atoms with Gasteiger partial charge in [0.2, 0.25) is 5.91 Å². The molecule has 2 heterocycles. The summed E-state index contributed by atoms with van der Waals surface area (Å²) in [6.45, 7) is 2.13. The molecule has 0 saturated heterocycles. The molecule has 0 fully saturated rings. The molecule has 38 heavy (non-hydrogen) atoms. The van der Waals surface area contributed by atoms with Crippen molar-refractivity contribution in [3.8, 4) is 29.0 Å². The zero-order chi connectivity index (χ0) is 27.7. The number of nitrogen functional groups attached to an aromatic ring is 1. The standard InChI is InChI=1S/C26H26N8O3S/c1-15(29)24(35)33-9-10-37-18-5-3-17(4-6-18)22-19(12-27)23(30)34-26(20(22)13-28)38-14-16-7-8-32-21(11-16)25(36)31-2/h3-8,11,15H,9-10,14,29H2,1-2H3,(H2,30,34)(H,31,36)(H,33,35)/t15-/m0/s1. The number of carbonyl (C=O) groups excluding carboxylic acids is 2. The minimum atomic E-state index is -0.599. The van der Waals surface area contributed by atoms with Crippen LogP contribution >= 0.6 is 11.8 Å². The summed E-state index contributed by atoms with van der Waals surface area (Å²) in [4.78, 5) is 31.8. The summed E-state index contributed by atoms with van der Waals surface area (Å²) in [7, 11) is 1.53. The molecule has 0 aliphatic heterocycles. The van der Waals surface area contributed by atoms with E-state index in [9.17, 15) is 20.1 Å². The fraction of sp³-hybridized carbons (Fsp3) is 0.231. The van der Waals surface area contributed by atoms with Gasteiger partial charge in [-0.05, 0) is 42.3 Å². The van der Waals surface area contributed by atoms with E-state index in [0.717, 1.165) is 5.56 Å². The van der Waals surface area contributed by atoms with Crippen molar-refractivity contribution in [1.29, 1.82) is 10.5 Å². The number of anilines is 1. The Morgan fingerprint density at radius 3 is 2.50 bits per heavy atom. The van der Waals surface area contributed by atoms with Crippen molar-refractivity contribution in [1.82, 2.24) is 20.6 Å². The Hall–Kier alpha value is -4.65. The number of hydrogen-bond acceptors (Lipinski definition) is 10. The van der Waals surface area contributed by atoms with Crippen molar-refractivity contribution in [3.63, 3.8) is 0 Å². The number of thioether (sulfide) groups is 1. The maximum absolute atomic E-state index is 11.9. The summed E-state index contributed by atoms with van der Waals surface area (Å²) in [5.74, 6) is 0.374. The molecule has 0 saturated carbocycles. The molecule has 2 aromatic heterocycles. The fourth-order valence-electron chi connectivity index (χ4n) is 3.38. The number of carbonyl (C=O) groups is 2. The number of nitriles is 2. The number of ether oxygens (including phenoxy) is 1. The van der Waals surface area contributed by atoms with Crippen LogP contribution in [0.2, 0.25) is 0 Å². The first kappa shape index (κ1) is 27.9. The number of rotatable bonds is 10. The van der Waals surface area contributed by atoms with Gasteiger partial charge >= 0.3 is 0 Å². The summed E-state index contributed by atoms with van der Waals surface area (Å²) >= 11 is 1.27. The first-order valence-electron chi connectivity index (χ1n) is 11.5. The molecule has 12 heteroatoms. The van der Waals surface area contributed by atoms with Crippen molar-refractivity contribution in [2.24, 2.45) is 5.73 Å². The van der Waals surface area contributed by atoms with Crippen LogP contribution in [0.5, 0.6) is 5.75 Å². The van der Waals surface area contributed by atoms with Crippen LogP contribution in [0.1, 0.15) is 34.1 Å². The average molecular weight is 531 g/mol. The summed E-state index contributed by atoms with van der Waals surface area (Å²) in [6.07, 6.45) is 1.54. The van der Waals surface area contributed by atoms with Gasteiger partial charge in [-0.3, -0.25) is 14.6 Å². The number of pyridine rings is 2. The smallest absolute Gasteiger partial charge is 0.269 e. The molecular weight excluding hydrogens is 504 g/mol. The van der Waals surface area contributed by atoms with Gasteiger partial charge in [0.1, 0.15) is 46.6 Å². The van der Waals surface area contributed by atoms with E-state index in [1.54, 1.807) is 43.3 Å². The Morgan fingerprint density at radius 2 is 1.87 bits per heavy atom. The van der Waals surface area contributed by atoms with Gasteiger partial charge in [0.05, 0.1) is 18.2 Å². The third-order valence-corrected chi connectivity index (χ3v) is 6.35. The number of nitrogens with two attached hydrogens (primary N) is 2. The van der Waals surface area contributed by atoms with Gasteiger partial charge in [-0.1, -0.05) is 12.1 Å². The summed E-state index contributed by atoms with van der Waals surface area (Å²) in [6, 6.07) is 13.9. The van der Waals surface area contributed by atoms with Gasteiger partial charge in [-0.2, -0.15) is 10.5 Å². The number of nitrogens with one attached hydrogen (secondary N) is 2. The number of benzene rings is 1. The van der Waals surface area contributed by atoms with Crippen LogP contribution in [0, 0.1) is 22.7 Å². The SMILES string of the molecule is CNC(=O)c1cc(CSc2nc(N)c(C#N)c(-c3ccc(OCCNC(=O)[C@H](C)N)cc3)c2C#N)ccn1. The third kappa shape index (κ3) is 6.76. The van der Waals surface area contributed by atoms with Crippen LogP contribution in [0.15, 0.2) is 47.6 Å². The van der Waals surface area contributed by atoms with Crippen molar-refractivity contribution in [2.75, 3.05) is 25.9 Å². The van der Waals surface area contributed by atoms with Gasteiger partial charge < -0.3 is 26.8 Å². The molecule has 3 rings (SSSR count). The van der Waals surface area contributed by atoms with E-state index in [1.165, 1.54) is 25.0 Å². The molecule has 0 aliphatic rings. The lowest BCUT2D eigenvalue weighted by Gasteiger charge is -2.14. The monoisotopic (exact) mass is 530 g/mol. The average Bonchev–Trinajstić information content (AvgIpc) is 2.93. The largest absolute Gasteiger partial charge is 0.492 e. The van der Waals surface area contributed by atoms with E-state index in [-0.39, 0.29) is 41.1 Å². The quantitative estimate of drug-likeness (QED) is 0.222. The molecule has 0 radical (unpaired) electrons. The molecule has 0 bridgehead atoms. The predicted octanol–water partition coefficient (Wildman–Crippen LogP) is 1.96. The van der Waals surface area contributed by atoms with E-state index in [0.29, 0.717) is 34.2 Å². The second kappa shape index (κ2) is 13.1. The van der Waals surface area contributed by atoms with Gasteiger partial charge in [-0.25, -0.2) is 4.98 Å². The van der Waals surface area contributed by atoms with E-state index in [4.69, 9.17) is 16.2 Å². The number of hydrogen-bond donors (Lipinski definition) is 4. The zero-order valence-corrected chi connectivity index (χ0v) is 21.6. The van der Waals surface area contributed by atoms with E-state index in [1.807, 2.05) is 0 Å². The third-order valence-electron chi connectivity index (χ3n) is 5.30.